The molecule has 0 aliphatic rings. The summed E-state index contributed by atoms with van der Waals surface area (Å²) in [7, 11) is 0. The maximum Gasteiger partial charge on any atom is 0.306 e. The molecule has 58 heavy (non-hydrogen) atoms. The maximum atomic E-state index is 12.7. The van der Waals surface area contributed by atoms with Gasteiger partial charge in [-0.15, -0.1) is 0 Å². The predicted octanol–water partition coefficient (Wildman–Crippen LogP) is 15.3. The van der Waals surface area contributed by atoms with Gasteiger partial charge in [0.25, 0.3) is 0 Å². The molecular formula is C52H86O6. The lowest BCUT2D eigenvalue weighted by molar-refractivity contribution is -0.167. The zero-order valence-corrected chi connectivity index (χ0v) is 37.5. The smallest absolute Gasteiger partial charge is 0.306 e. The number of hydrogen-bond donors (Lipinski definition) is 0. The van der Waals surface area contributed by atoms with Crippen LogP contribution in [0.4, 0.5) is 0 Å². The molecule has 0 amide bonds. The van der Waals surface area contributed by atoms with Gasteiger partial charge < -0.3 is 14.2 Å². The van der Waals surface area contributed by atoms with Crippen molar-refractivity contribution in [1.82, 2.24) is 0 Å². The molecule has 0 aromatic rings. The van der Waals surface area contributed by atoms with Crippen LogP contribution in [-0.4, -0.2) is 37.2 Å². The van der Waals surface area contributed by atoms with E-state index in [1.54, 1.807) is 0 Å². The highest BCUT2D eigenvalue weighted by Gasteiger charge is 2.19. The van der Waals surface area contributed by atoms with Crippen LogP contribution in [0, 0.1) is 0 Å². The minimum Gasteiger partial charge on any atom is -0.462 e. The summed E-state index contributed by atoms with van der Waals surface area (Å²) in [5.74, 6) is -0.987. The molecule has 6 nitrogen and oxygen atoms in total. The second-order valence-corrected chi connectivity index (χ2v) is 15.3. The molecule has 6 heteroatoms. The van der Waals surface area contributed by atoms with Crippen molar-refractivity contribution in [2.24, 2.45) is 0 Å². The predicted molar refractivity (Wildman–Crippen MR) is 247 cm³/mol. The lowest BCUT2D eigenvalue weighted by Gasteiger charge is -2.18. The number of unbranched alkanes of at least 4 members (excludes halogenated alkanes) is 19. The fourth-order valence-corrected chi connectivity index (χ4v) is 6.17. The summed E-state index contributed by atoms with van der Waals surface area (Å²) < 4.78 is 16.6. The summed E-state index contributed by atoms with van der Waals surface area (Å²) in [6.45, 7) is 6.29. The molecule has 0 saturated heterocycles. The Kier molecular flexibility index (Phi) is 43.6. The average Bonchev–Trinajstić information content (AvgIpc) is 3.22. The first-order valence-corrected chi connectivity index (χ1v) is 23.6. The van der Waals surface area contributed by atoms with Gasteiger partial charge in [-0.05, 0) is 89.9 Å². The van der Waals surface area contributed by atoms with Crippen molar-refractivity contribution in [3.8, 4) is 0 Å². The molecule has 1 atom stereocenters. The Labute approximate surface area is 356 Å². The van der Waals surface area contributed by atoms with Crippen LogP contribution in [-0.2, 0) is 28.6 Å². The normalized spacial score (nSPS) is 12.8. The summed E-state index contributed by atoms with van der Waals surface area (Å²) in [6.07, 6.45) is 58.6. The van der Waals surface area contributed by atoms with Crippen LogP contribution in [0.15, 0.2) is 85.1 Å². The molecule has 0 bridgehead atoms. The first kappa shape index (κ1) is 54.6. The van der Waals surface area contributed by atoms with E-state index >= 15 is 0 Å². The van der Waals surface area contributed by atoms with Crippen molar-refractivity contribution < 1.29 is 28.6 Å². The van der Waals surface area contributed by atoms with Crippen LogP contribution in [0.1, 0.15) is 207 Å². The summed E-state index contributed by atoms with van der Waals surface area (Å²) >= 11 is 0. The Morgan fingerprint density at radius 2 is 0.759 bits per heavy atom. The lowest BCUT2D eigenvalue weighted by Crippen LogP contribution is -2.30. The van der Waals surface area contributed by atoms with Gasteiger partial charge in [-0.1, -0.05) is 183 Å². The van der Waals surface area contributed by atoms with Gasteiger partial charge in [0.1, 0.15) is 13.2 Å². The van der Waals surface area contributed by atoms with Gasteiger partial charge in [-0.2, -0.15) is 0 Å². The highest BCUT2D eigenvalue weighted by molar-refractivity contribution is 5.71. The molecule has 0 spiro atoms. The topological polar surface area (TPSA) is 78.9 Å². The zero-order chi connectivity index (χ0) is 42.3. The van der Waals surface area contributed by atoms with Gasteiger partial charge >= 0.3 is 17.9 Å². The van der Waals surface area contributed by atoms with Gasteiger partial charge in [0, 0.05) is 19.3 Å². The number of rotatable bonds is 41. The first-order chi connectivity index (χ1) is 28.5. The molecule has 0 heterocycles. The maximum absolute atomic E-state index is 12.7. The minimum atomic E-state index is -0.805. The number of esters is 3. The summed E-state index contributed by atoms with van der Waals surface area (Å²) in [6, 6.07) is 0. The molecule has 330 valence electrons. The molecule has 0 aliphatic carbocycles. The molecular weight excluding hydrogens is 721 g/mol. The van der Waals surface area contributed by atoms with E-state index in [9.17, 15) is 14.4 Å². The van der Waals surface area contributed by atoms with Crippen LogP contribution in [0.25, 0.3) is 0 Å². The molecule has 0 fully saturated rings. The van der Waals surface area contributed by atoms with Gasteiger partial charge in [-0.3, -0.25) is 14.4 Å². The van der Waals surface area contributed by atoms with Crippen molar-refractivity contribution in [2.45, 2.75) is 213 Å². The number of ether oxygens (including phenoxy) is 3. The van der Waals surface area contributed by atoms with Gasteiger partial charge in [0.15, 0.2) is 6.10 Å². The van der Waals surface area contributed by atoms with Crippen molar-refractivity contribution in [2.75, 3.05) is 13.2 Å². The van der Waals surface area contributed by atoms with E-state index in [1.165, 1.54) is 64.2 Å². The molecule has 0 N–H and O–H groups in total. The summed E-state index contributed by atoms with van der Waals surface area (Å²) in [5, 5.41) is 0. The van der Waals surface area contributed by atoms with Crippen molar-refractivity contribution in [3.05, 3.63) is 85.1 Å². The second kappa shape index (κ2) is 46.3. The molecule has 1 unspecified atom stereocenters. The molecule has 0 radical (unpaired) electrons. The third-order valence-corrected chi connectivity index (χ3v) is 9.70. The fraction of sp³-hybridized carbons (Fsp3) is 0.673. The van der Waals surface area contributed by atoms with Crippen LogP contribution in [0.3, 0.4) is 0 Å². The van der Waals surface area contributed by atoms with Crippen molar-refractivity contribution in [3.63, 3.8) is 0 Å². The number of allylic oxidation sites excluding steroid dienone is 14. The Morgan fingerprint density at radius 3 is 1.29 bits per heavy atom. The Balaban J connectivity index is 4.44. The highest BCUT2D eigenvalue weighted by atomic mass is 16.6. The van der Waals surface area contributed by atoms with Gasteiger partial charge in [-0.25, -0.2) is 0 Å². The molecule has 0 aromatic heterocycles. The van der Waals surface area contributed by atoms with E-state index in [4.69, 9.17) is 14.2 Å². The van der Waals surface area contributed by atoms with E-state index in [1.807, 2.05) is 0 Å². The van der Waals surface area contributed by atoms with Crippen LogP contribution in [0.5, 0.6) is 0 Å². The first-order valence-electron chi connectivity index (χ1n) is 23.6. The van der Waals surface area contributed by atoms with E-state index in [0.717, 1.165) is 103 Å². The molecule has 0 aromatic carbocycles. The van der Waals surface area contributed by atoms with Crippen LogP contribution >= 0.6 is 0 Å². The molecule has 0 aliphatic heterocycles. The van der Waals surface area contributed by atoms with Crippen molar-refractivity contribution in [1.29, 1.82) is 0 Å². The van der Waals surface area contributed by atoms with E-state index in [0.29, 0.717) is 19.3 Å². The molecule has 0 rings (SSSR count). The number of carbonyl (C=O) groups excluding carboxylic acids is 3. The van der Waals surface area contributed by atoms with E-state index < -0.39 is 6.10 Å². The van der Waals surface area contributed by atoms with Gasteiger partial charge in [0.2, 0.25) is 0 Å². The number of carbonyl (C=O) groups is 3. The standard InChI is InChI=1S/C52H86O6/c1-4-7-10-13-16-19-21-23-25-27-28-30-33-36-39-42-45-51(54)57-48-49(47-56-50(53)44-41-38-35-32-18-15-12-9-6-3)58-52(55)46-43-40-37-34-31-29-26-24-22-20-17-14-11-8-5-2/h8-9,11-12,14,17-18,20,22,25,27-28,30,32,49H,4-7,10,13,15-16,19,21,23-24,26,29,31,33-48H2,1-3H3/b11-8-,12-9-,17-14-,22-20-,27-25-,30-28-,32-18-. The summed E-state index contributed by atoms with van der Waals surface area (Å²) in [5.41, 5.74) is 0. The van der Waals surface area contributed by atoms with Gasteiger partial charge in [0.05, 0.1) is 0 Å². The quantitative estimate of drug-likeness (QED) is 0.0201. The van der Waals surface area contributed by atoms with Crippen molar-refractivity contribution >= 4 is 17.9 Å². The van der Waals surface area contributed by atoms with Crippen LogP contribution in [0.2, 0.25) is 0 Å². The fourth-order valence-electron chi connectivity index (χ4n) is 6.17. The minimum absolute atomic E-state index is 0.107. The number of hydrogen-bond acceptors (Lipinski definition) is 6. The average molecular weight is 807 g/mol. The Hall–Kier alpha value is -3.41. The van der Waals surface area contributed by atoms with E-state index in [-0.39, 0.29) is 31.1 Å². The Bertz CT molecular complexity index is 1160. The monoisotopic (exact) mass is 807 g/mol. The third kappa shape index (κ3) is 43.7. The summed E-state index contributed by atoms with van der Waals surface area (Å²) in [4.78, 5) is 37.7. The SMILES string of the molecule is CC\C=C/C=C\C=C/CCCCCCCCCC(=O)OC(COC(=O)CCCC/C=C\C/C=C\CC)COC(=O)CCCCC/C=C\C=C/CCCCCCCCC. The molecule has 0 saturated carbocycles. The largest absolute Gasteiger partial charge is 0.462 e. The zero-order valence-electron chi connectivity index (χ0n) is 37.5. The second-order valence-electron chi connectivity index (χ2n) is 15.3. The Morgan fingerprint density at radius 1 is 0.379 bits per heavy atom. The van der Waals surface area contributed by atoms with Crippen LogP contribution < -0.4 is 0 Å². The van der Waals surface area contributed by atoms with E-state index in [2.05, 4.69) is 106 Å². The lowest BCUT2D eigenvalue weighted by atomic mass is 10.1. The third-order valence-electron chi connectivity index (χ3n) is 9.70. The highest BCUT2D eigenvalue weighted by Crippen LogP contribution is 2.13.